The molecule has 166 valence electrons. The van der Waals surface area contributed by atoms with Gasteiger partial charge in [-0.1, -0.05) is 13.0 Å². The average molecular weight is 436 g/mol. The van der Waals surface area contributed by atoms with E-state index in [0.717, 1.165) is 5.56 Å². The number of benzene rings is 2. The number of hydrogen-bond acceptors (Lipinski definition) is 7. The molecular formula is C24H24N2O6. The van der Waals surface area contributed by atoms with Gasteiger partial charge in [-0.3, -0.25) is 19.7 Å². The van der Waals surface area contributed by atoms with Gasteiger partial charge in [-0.05, 0) is 63.4 Å². The Kier molecular flexibility index (Phi) is 5.90. The summed E-state index contributed by atoms with van der Waals surface area (Å²) in [5.41, 5.74) is -1.33. The fourth-order valence-electron chi connectivity index (χ4n) is 4.03. The van der Waals surface area contributed by atoms with Gasteiger partial charge in [0.05, 0.1) is 4.92 Å². The van der Waals surface area contributed by atoms with E-state index in [9.17, 15) is 25.0 Å². The van der Waals surface area contributed by atoms with Crippen molar-refractivity contribution < 1.29 is 24.0 Å². The summed E-state index contributed by atoms with van der Waals surface area (Å²) in [5.74, 6) is -1.07. The minimum Gasteiger partial charge on any atom is -0.457 e. The highest BCUT2D eigenvalue weighted by Crippen LogP contribution is 2.41. The van der Waals surface area contributed by atoms with Gasteiger partial charge < -0.3 is 9.47 Å². The van der Waals surface area contributed by atoms with Crippen molar-refractivity contribution in [2.24, 2.45) is 0 Å². The molecule has 0 radical (unpaired) electrons. The molecule has 3 rings (SSSR count). The molecule has 0 unspecified atom stereocenters. The number of ketones is 2. The molecule has 0 bridgehead atoms. The SMILES string of the molecule is CCc1ccc(Oc2ccc([N+](=O)[O-])c(C#N)c2)cc1C1C(=O)C(C)(C)OC(C)(C)C1=O. The molecule has 2 aromatic carbocycles. The maximum atomic E-state index is 13.2. The lowest BCUT2D eigenvalue weighted by molar-refractivity contribution is -0.385. The van der Waals surface area contributed by atoms with Gasteiger partial charge in [-0.15, -0.1) is 0 Å². The van der Waals surface area contributed by atoms with Gasteiger partial charge >= 0.3 is 0 Å². The van der Waals surface area contributed by atoms with E-state index in [4.69, 9.17) is 9.47 Å². The van der Waals surface area contributed by atoms with Gasteiger partial charge in [0.15, 0.2) is 11.6 Å². The van der Waals surface area contributed by atoms with E-state index in [1.807, 2.05) is 6.92 Å². The first-order valence-corrected chi connectivity index (χ1v) is 10.2. The van der Waals surface area contributed by atoms with Crippen molar-refractivity contribution in [2.45, 2.75) is 58.2 Å². The number of nitro benzene ring substituents is 1. The van der Waals surface area contributed by atoms with Crippen LogP contribution in [0.25, 0.3) is 0 Å². The number of Topliss-reactive ketones (excluding diaryl/α,β-unsaturated/α-hetero) is 2. The minimum absolute atomic E-state index is 0.129. The molecule has 1 heterocycles. The van der Waals surface area contributed by atoms with Crippen molar-refractivity contribution in [3.63, 3.8) is 0 Å². The van der Waals surface area contributed by atoms with Crippen LogP contribution >= 0.6 is 0 Å². The van der Waals surface area contributed by atoms with Crippen LogP contribution < -0.4 is 4.74 Å². The Labute approximate surface area is 185 Å². The lowest BCUT2D eigenvalue weighted by atomic mass is 9.73. The van der Waals surface area contributed by atoms with Crippen molar-refractivity contribution >= 4 is 17.3 Å². The highest BCUT2D eigenvalue weighted by Gasteiger charge is 2.53. The zero-order valence-electron chi connectivity index (χ0n) is 18.6. The molecule has 0 saturated carbocycles. The molecule has 1 aliphatic rings. The number of hydrogen-bond donors (Lipinski definition) is 0. The summed E-state index contributed by atoms with van der Waals surface area (Å²) in [4.78, 5) is 36.8. The molecule has 0 spiro atoms. The largest absolute Gasteiger partial charge is 0.457 e. The summed E-state index contributed by atoms with van der Waals surface area (Å²) in [5, 5.41) is 20.2. The number of nitriles is 1. The molecule has 1 fully saturated rings. The Morgan fingerprint density at radius 3 is 2.16 bits per heavy atom. The predicted molar refractivity (Wildman–Crippen MR) is 116 cm³/mol. The number of nitro groups is 1. The Bertz CT molecular complexity index is 1130. The summed E-state index contributed by atoms with van der Waals surface area (Å²) in [6.07, 6.45) is 0.602. The van der Waals surface area contributed by atoms with Crippen LogP contribution in [0.15, 0.2) is 36.4 Å². The molecular weight excluding hydrogens is 412 g/mol. The van der Waals surface area contributed by atoms with Crippen LogP contribution in [0.4, 0.5) is 5.69 Å². The highest BCUT2D eigenvalue weighted by molar-refractivity contribution is 6.15. The van der Waals surface area contributed by atoms with Crippen LogP contribution in [0.5, 0.6) is 11.5 Å². The smallest absolute Gasteiger partial charge is 0.287 e. The van der Waals surface area contributed by atoms with Crippen molar-refractivity contribution in [1.29, 1.82) is 5.26 Å². The summed E-state index contributed by atoms with van der Waals surface area (Å²) in [6, 6.07) is 10.8. The molecule has 0 aliphatic carbocycles. The molecule has 32 heavy (non-hydrogen) atoms. The van der Waals surface area contributed by atoms with E-state index in [2.05, 4.69) is 0 Å². The van der Waals surface area contributed by atoms with Crippen molar-refractivity contribution in [3.05, 3.63) is 63.2 Å². The van der Waals surface area contributed by atoms with Crippen LogP contribution in [0.1, 0.15) is 57.2 Å². The van der Waals surface area contributed by atoms with E-state index < -0.39 is 22.0 Å². The Morgan fingerprint density at radius 1 is 1.06 bits per heavy atom. The number of ether oxygens (including phenoxy) is 2. The topological polar surface area (TPSA) is 120 Å². The highest BCUT2D eigenvalue weighted by atomic mass is 16.6. The number of rotatable bonds is 5. The first-order valence-electron chi connectivity index (χ1n) is 10.2. The molecule has 0 aromatic heterocycles. The average Bonchev–Trinajstić information content (AvgIpc) is 2.72. The minimum atomic E-state index is -1.13. The predicted octanol–water partition coefficient (Wildman–Crippen LogP) is 4.63. The van der Waals surface area contributed by atoms with Crippen molar-refractivity contribution in [2.75, 3.05) is 0 Å². The molecule has 8 nitrogen and oxygen atoms in total. The molecule has 0 N–H and O–H groups in total. The molecule has 0 atom stereocenters. The summed E-state index contributed by atoms with van der Waals surface area (Å²) in [6.45, 7) is 8.55. The maximum absolute atomic E-state index is 13.2. The fraction of sp³-hybridized carbons (Fsp3) is 0.375. The monoisotopic (exact) mass is 436 g/mol. The van der Waals surface area contributed by atoms with Crippen LogP contribution in [-0.2, 0) is 20.7 Å². The van der Waals surface area contributed by atoms with Crippen LogP contribution in [0, 0.1) is 21.4 Å². The van der Waals surface area contributed by atoms with Crippen molar-refractivity contribution in [1.82, 2.24) is 0 Å². The second-order valence-electron chi connectivity index (χ2n) is 8.65. The standard InChI is InChI=1S/C24H24N2O6/c1-6-14-7-8-17(31-16-9-10-19(26(29)30)15(11-16)13-25)12-18(14)20-21(27)23(2,3)32-24(4,5)22(20)28/h7-12,20H,6H2,1-5H3. The molecule has 0 amide bonds. The number of carbonyl (C=O) groups is 2. The molecule has 2 aromatic rings. The third-order valence-electron chi connectivity index (χ3n) is 5.55. The third kappa shape index (κ3) is 4.12. The van der Waals surface area contributed by atoms with Crippen LogP contribution in [-0.4, -0.2) is 27.7 Å². The Hall–Kier alpha value is -3.57. The van der Waals surface area contributed by atoms with Crippen LogP contribution in [0.2, 0.25) is 0 Å². The quantitative estimate of drug-likeness (QED) is 0.381. The first-order chi connectivity index (χ1) is 14.9. The van der Waals surface area contributed by atoms with Crippen molar-refractivity contribution in [3.8, 4) is 17.6 Å². The number of aryl methyl sites for hydroxylation is 1. The summed E-state index contributed by atoms with van der Waals surface area (Å²) in [7, 11) is 0. The normalized spacial score (nSPS) is 17.6. The van der Waals surface area contributed by atoms with E-state index in [0.29, 0.717) is 17.7 Å². The number of carbonyl (C=O) groups excluding carboxylic acids is 2. The van der Waals surface area contributed by atoms with E-state index >= 15 is 0 Å². The van der Waals surface area contributed by atoms with Gasteiger partial charge in [0, 0.05) is 12.1 Å². The van der Waals surface area contributed by atoms with Gasteiger partial charge in [0.2, 0.25) is 0 Å². The summed E-state index contributed by atoms with van der Waals surface area (Å²) >= 11 is 0. The number of nitrogens with zero attached hydrogens (tertiary/aromatic N) is 2. The summed E-state index contributed by atoms with van der Waals surface area (Å²) < 4.78 is 11.6. The maximum Gasteiger partial charge on any atom is 0.287 e. The van der Waals surface area contributed by atoms with E-state index in [1.165, 1.54) is 18.2 Å². The van der Waals surface area contributed by atoms with Gasteiger partial charge in [0.25, 0.3) is 5.69 Å². The van der Waals surface area contributed by atoms with Crippen LogP contribution in [0.3, 0.4) is 0 Å². The second-order valence-corrected chi connectivity index (χ2v) is 8.65. The zero-order chi connectivity index (χ0) is 23.8. The van der Waals surface area contributed by atoms with Gasteiger partial charge in [-0.2, -0.15) is 5.26 Å². The van der Waals surface area contributed by atoms with E-state index in [-0.39, 0.29) is 28.6 Å². The van der Waals surface area contributed by atoms with E-state index in [1.54, 1.807) is 52.0 Å². The fourth-order valence-corrected chi connectivity index (χ4v) is 4.03. The second kappa shape index (κ2) is 8.17. The Morgan fingerprint density at radius 2 is 1.62 bits per heavy atom. The molecule has 1 aliphatic heterocycles. The zero-order valence-corrected chi connectivity index (χ0v) is 18.6. The first kappa shape index (κ1) is 23.1. The third-order valence-corrected chi connectivity index (χ3v) is 5.55. The molecule has 1 saturated heterocycles. The lowest BCUT2D eigenvalue weighted by Gasteiger charge is -2.43. The lowest BCUT2D eigenvalue weighted by Crippen LogP contribution is -2.58. The van der Waals surface area contributed by atoms with Gasteiger partial charge in [0.1, 0.15) is 40.3 Å². The molecule has 8 heteroatoms. The Balaban J connectivity index is 2.05. The van der Waals surface area contributed by atoms with Gasteiger partial charge in [-0.25, -0.2) is 0 Å².